The highest BCUT2D eigenvalue weighted by Crippen LogP contribution is 2.17. The molecule has 0 radical (unpaired) electrons. The minimum Gasteiger partial charge on any atom is -0.393 e. The monoisotopic (exact) mass is 591 g/mol. The van der Waals surface area contributed by atoms with Crippen molar-refractivity contribution in [1.29, 1.82) is 0 Å². The average molecular weight is 591 g/mol. The molecule has 1 nitrogen and oxygen atoms in total. The molecule has 1 atom stereocenters. The Labute approximate surface area is 267 Å². The number of aliphatic hydroxyl groups is 1. The largest absolute Gasteiger partial charge is 0.393 e. The molecule has 42 heavy (non-hydrogen) atoms. The summed E-state index contributed by atoms with van der Waals surface area (Å²) in [5, 5.41) is 9.90. The first-order valence-corrected chi connectivity index (χ1v) is 20.1. The van der Waals surface area contributed by atoms with Crippen LogP contribution in [0.5, 0.6) is 0 Å². The van der Waals surface area contributed by atoms with Crippen LogP contribution in [0.25, 0.3) is 0 Å². The predicted octanol–water partition coefficient (Wildman–Crippen LogP) is 15.0. The molecule has 0 saturated heterocycles. The summed E-state index contributed by atoms with van der Waals surface area (Å²) in [4.78, 5) is 0. The molecule has 0 fully saturated rings. The van der Waals surface area contributed by atoms with Crippen LogP contribution in [-0.2, 0) is 0 Å². The first-order chi connectivity index (χ1) is 20.8. The van der Waals surface area contributed by atoms with Crippen molar-refractivity contribution in [3.8, 4) is 0 Å². The van der Waals surface area contributed by atoms with Crippen LogP contribution in [0.4, 0.5) is 0 Å². The van der Waals surface area contributed by atoms with Crippen LogP contribution >= 0.6 is 0 Å². The Kier molecular flexibility index (Phi) is 38.4. The van der Waals surface area contributed by atoms with Gasteiger partial charge < -0.3 is 5.11 Å². The molecule has 0 amide bonds. The number of allylic oxidation sites excluding steroid dienone is 2. The molecule has 0 aromatic carbocycles. The molecule has 0 rings (SSSR count). The fourth-order valence-electron chi connectivity index (χ4n) is 6.38. The van der Waals surface area contributed by atoms with Crippen LogP contribution in [0.2, 0.25) is 0 Å². The van der Waals surface area contributed by atoms with Crippen LogP contribution in [0.3, 0.4) is 0 Å². The van der Waals surface area contributed by atoms with E-state index in [2.05, 4.69) is 26.0 Å². The van der Waals surface area contributed by atoms with E-state index in [1.54, 1.807) is 0 Å². The van der Waals surface area contributed by atoms with Gasteiger partial charge in [-0.2, -0.15) is 0 Å². The van der Waals surface area contributed by atoms with Gasteiger partial charge in [0.05, 0.1) is 6.10 Å². The molecule has 1 heteroatoms. The van der Waals surface area contributed by atoms with Gasteiger partial charge in [-0.15, -0.1) is 0 Å². The summed E-state index contributed by atoms with van der Waals surface area (Å²) in [5.41, 5.74) is 0. The van der Waals surface area contributed by atoms with E-state index in [-0.39, 0.29) is 6.10 Å². The maximum Gasteiger partial charge on any atom is 0.0540 e. The fraction of sp³-hybridized carbons (Fsp3) is 0.951. The van der Waals surface area contributed by atoms with Gasteiger partial charge in [-0.25, -0.2) is 0 Å². The summed E-state index contributed by atoms with van der Waals surface area (Å²) in [7, 11) is 0. The summed E-state index contributed by atoms with van der Waals surface area (Å²) in [6.45, 7) is 4.48. The van der Waals surface area contributed by atoms with E-state index in [0.29, 0.717) is 0 Å². The van der Waals surface area contributed by atoms with Crippen molar-refractivity contribution in [1.82, 2.24) is 0 Å². The molecule has 0 aliphatic carbocycles. The van der Waals surface area contributed by atoms with Crippen molar-refractivity contribution in [2.45, 2.75) is 251 Å². The zero-order valence-corrected chi connectivity index (χ0v) is 29.6. The standard InChI is InChI=1S/C41H82O/c1-3-5-7-8-9-10-11-12-13-14-15-16-17-18-19-20-21-22-23-24-25-26-27-28-29-30-31-32-33-34-35-36-37-38-40-41(42)39-6-4-2/h8-9,41-42H,3-7,10-40H2,1-2H3/b9-8-/t41-/m0/s1. The second-order valence-corrected chi connectivity index (χ2v) is 13.9. The Hall–Kier alpha value is -0.300. The summed E-state index contributed by atoms with van der Waals surface area (Å²) in [6.07, 6.45) is 55.0. The highest BCUT2D eigenvalue weighted by molar-refractivity contribution is 4.81. The summed E-state index contributed by atoms with van der Waals surface area (Å²) in [6, 6.07) is 0. The molecular weight excluding hydrogens is 508 g/mol. The third-order valence-electron chi connectivity index (χ3n) is 9.44. The lowest BCUT2D eigenvalue weighted by Gasteiger charge is -2.09. The highest BCUT2D eigenvalue weighted by Gasteiger charge is 2.02. The van der Waals surface area contributed by atoms with Gasteiger partial charge >= 0.3 is 0 Å². The highest BCUT2D eigenvalue weighted by atomic mass is 16.3. The lowest BCUT2D eigenvalue weighted by molar-refractivity contribution is 0.148. The smallest absolute Gasteiger partial charge is 0.0540 e. The van der Waals surface area contributed by atoms with E-state index in [4.69, 9.17) is 0 Å². The fourth-order valence-corrected chi connectivity index (χ4v) is 6.38. The first-order valence-electron chi connectivity index (χ1n) is 20.1. The zero-order valence-electron chi connectivity index (χ0n) is 29.6. The topological polar surface area (TPSA) is 20.2 Å². The van der Waals surface area contributed by atoms with E-state index in [1.165, 1.54) is 218 Å². The van der Waals surface area contributed by atoms with Crippen molar-refractivity contribution in [2.24, 2.45) is 0 Å². The van der Waals surface area contributed by atoms with E-state index in [1.807, 2.05) is 0 Å². The van der Waals surface area contributed by atoms with Crippen molar-refractivity contribution >= 4 is 0 Å². The molecule has 1 N–H and O–H groups in total. The minimum atomic E-state index is -0.0350. The van der Waals surface area contributed by atoms with Gasteiger partial charge in [-0.05, 0) is 32.1 Å². The maximum atomic E-state index is 9.90. The lowest BCUT2D eigenvalue weighted by Crippen LogP contribution is -2.05. The molecule has 0 aliphatic heterocycles. The molecule has 0 heterocycles. The number of aliphatic hydroxyl groups excluding tert-OH is 1. The average Bonchev–Trinajstić information content (AvgIpc) is 3.00. The summed E-state index contributed by atoms with van der Waals surface area (Å²) < 4.78 is 0. The van der Waals surface area contributed by atoms with E-state index in [9.17, 15) is 5.11 Å². The van der Waals surface area contributed by atoms with Crippen LogP contribution in [0, 0.1) is 0 Å². The van der Waals surface area contributed by atoms with Gasteiger partial charge in [0.15, 0.2) is 0 Å². The number of hydrogen-bond acceptors (Lipinski definition) is 1. The van der Waals surface area contributed by atoms with Crippen molar-refractivity contribution in [2.75, 3.05) is 0 Å². The molecule has 0 unspecified atom stereocenters. The Balaban J connectivity index is 3.07. The molecule has 0 saturated carbocycles. The van der Waals surface area contributed by atoms with Gasteiger partial charge in [0.25, 0.3) is 0 Å². The zero-order chi connectivity index (χ0) is 30.4. The molecule has 0 bridgehead atoms. The Morgan fingerprint density at radius 3 is 0.857 bits per heavy atom. The van der Waals surface area contributed by atoms with Crippen LogP contribution in [0.1, 0.15) is 245 Å². The van der Waals surface area contributed by atoms with Crippen LogP contribution < -0.4 is 0 Å². The molecule has 0 aromatic heterocycles. The van der Waals surface area contributed by atoms with Crippen LogP contribution in [-0.4, -0.2) is 11.2 Å². The Bertz CT molecular complexity index is 483. The van der Waals surface area contributed by atoms with Gasteiger partial charge in [0.2, 0.25) is 0 Å². The summed E-state index contributed by atoms with van der Waals surface area (Å²) >= 11 is 0. The maximum absolute atomic E-state index is 9.90. The SMILES string of the molecule is CCCC/C=C\CCCCCCCCCCCCCCCCCCCCCCCCCCCCCC[C@@H](O)CCCC. The molecule has 0 spiro atoms. The quantitative estimate of drug-likeness (QED) is 0.0563. The number of rotatable bonds is 37. The van der Waals surface area contributed by atoms with Crippen molar-refractivity contribution < 1.29 is 5.11 Å². The van der Waals surface area contributed by atoms with Crippen LogP contribution in [0.15, 0.2) is 12.2 Å². The van der Waals surface area contributed by atoms with E-state index in [0.717, 1.165) is 12.8 Å². The van der Waals surface area contributed by atoms with Gasteiger partial charge in [0, 0.05) is 0 Å². The first kappa shape index (κ1) is 41.7. The number of unbranched alkanes of at least 4 members (excludes halogenated alkanes) is 31. The molecular formula is C41H82O. The predicted molar refractivity (Wildman–Crippen MR) is 193 cm³/mol. The normalized spacial score (nSPS) is 12.5. The second-order valence-electron chi connectivity index (χ2n) is 13.9. The van der Waals surface area contributed by atoms with Crippen molar-refractivity contribution in [3.05, 3.63) is 12.2 Å². The lowest BCUT2D eigenvalue weighted by atomic mass is 10.0. The second kappa shape index (κ2) is 38.7. The number of hydrogen-bond donors (Lipinski definition) is 1. The summed E-state index contributed by atoms with van der Waals surface area (Å²) in [5.74, 6) is 0. The molecule has 0 aromatic rings. The Morgan fingerprint density at radius 2 is 0.548 bits per heavy atom. The van der Waals surface area contributed by atoms with Gasteiger partial charge in [-0.1, -0.05) is 225 Å². The third kappa shape index (κ3) is 37.7. The Morgan fingerprint density at radius 1 is 0.310 bits per heavy atom. The van der Waals surface area contributed by atoms with Crippen molar-refractivity contribution in [3.63, 3.8) is 0 Å². The molecule has 252 valence electrons. The van der Waals surface area contributed by atoms with E-state index >= 15 is 0 Å². The minimum absolute atomic E-state index is 0.0350. The van der Waals surface area contributed by atoms with Gasteiger partial charge in [-0.3, -0.25) is 0 Å². The third-order valence-corrected chi connectivity index (χ3v) is 9.44. The van der Waals surface area contributed by atoms with Gasteiger partial charge in [0.1, 0.15) is 0 Å². The molecule has 0 aliphatic rings. The van der Waals surface area contributed by atoms with E-state index < -0.39 is 0 Å².